The lowest BCUT2D eigenvalue weighted by atomic mass is 9.85. The Morgan fingerprint density at radius 2 is 2.31 bits per heavy atom. The zero-order chi connectivity index (χ0) is 11.1. The van der Waals surface area contributed by atoms with Crippen LogP contribution in [0.3, 0.4) is 0 Å². The second-order valence-corrected chi connectivity index (χ2v) is 4.75. The molecule has 2 heterocycles. The zero-order valence-electron chi connectivity index (χ0n) is 9.56. The van der Waals surface area contributed by atoms with Crippen LogP contribution in [0, 0.1) is 0 Å². The summed E-state index contributed by atoms with van der Waals surface area (Å²) in [5.41, 5.74) is 8.32. The summed E-state index contributed by atoms with van der Waals surface area (Å²) in [5.74, 6) is 1.87. The number of hydrogen-bond donors (Lipinski definition) is 1. The molecule has 3 nitrogen and oxygen atoms in total. The zero-order valence-corrected chi connectivity index (χ0v) is 9.56. The largest absolute Gasteiger partial charge is 0.324 e. The first kappa shape index (κ1) is 9.85. The maximum Gasteiger partial charge on any atom is 0.116 e. The fourth-order valence-electron chi connectivity index (χ4n) is 2.42. The van der Waals surface area contributed by atoms with Gasteiger partial charge in [-0.3, -0.25) is 0 Å². The molecule has 0 radical (unpaired) electrons. The number of hydrogen-bond acceptors (Lipinski definition) is 2. The van der Waals surface area contributed by atoms with Gasteiger partial charge in [-0.1, -0.05) is 12.5 Å². The van der Waals surface area contributed by atoms with Crippen molar-refractivity contribution >= 4 is 5.52 Å². The Hall–Kier alpha value is -1.35. The average Bonchev–Trinajstić information content (AvgIpc) is 2.59. The number of nitrogens with two attached hydrogens (primary N) is 1. The number of pyridine rings is 1. The predicted octanol–water partition coefficient (Wildman–Crippen LogP) is 2.62. The van der Waals surface area contributed by atoms with Crippen LogP contribution in [-0.4, -0.2) is 9.38 Å². The van der Waals surface area contributed by atoms with E-state index in [1.807, 2.05) is 13.1 Å². The van der Waals surface area contributed by atoms with Crippen molar-refractivity contribution < 1.29 is 0 Å². The van der Waals surface area contributed by atoms with Crippen LogP contribution < -0.4 is 5.73 Å². The summed E-state index contributed by atoms with van der Waals surface area (Å²) in [6, 6.07) is 4.22. The van der Waals surface area contributed by atoms with Crippen LogP contribution in [0.15, 0.2) is 24.5 Å². The van der Waals surface area contributed by atoms with Crippen molar-refractivity contribution in [3.63, 3.8) is 0 Å². The van der Waals surface area contributed by atoms with E-state index in [1.165, 1.54) is 36.2 Å². The Labute approximate surface area is 95.3 Å². The van der Waals surface area contributed by atoms with Gasteiger partial charge in [-0.15, -0.1) is 0 Å². The van der Waals surface area contributed by atoms with Gasteiger partial charge in [0.15, 0.2) is 0 Å². The van der Waals surface area contributed by atoms with Gasteiger partial charge >= 0.3 is 0 Å². The number of imidazole rings is 1. The van der Waals surface area contributed by atoms with Crippen molar-refractivity contribution in [2.24, 2.45) is 5.73 Å². The molecule has 1 atom stereocenters. The first-order valence-corrected chi connectivity index (χ1v) is 5.99. The van der Waals surface area contributed by atoms with E-state index in [0.29, 0.717) is 5.92 Å². The Kier molecular flexibility index (Phi) is 2.21. The second-order valence-electron chi connectivity index (χ2n) is 4.75. The molecule has 3 rings (SSSR count). The highest BCUT2D eigenvalue weighted by molar-refractivity contribution is 5.55. The van der Waals surface area contributed by atoms with E-state index < -0.39 is 0 Å². The fourth-order valence-corrected chi connectivity index (χ4v) is 2.42. The number of fused-ring (bicyclic) bond motifs is 1. The molecule has 1 fully saturated rings. The second kappa shape index (κ2) is 3.59. The standard InChI is InChI=1S/C13H17N3/c1-9(14)11-6-3-7-16-12(11)8-15-13(16)10-4-2-5-10/h3,6-10H,2,4-5,14H2,1H3. The first-order chi connectivity index (χ1) is 7.77. The van der Waals surface area contributed by atoms with Crippen molar-refractivity contribution in [3.8, 4) is 0 Å². The van der Waals surface area contributed by atoms with Crippen LogP contribution in [0.4, 0.5) is 0 Å². The molecule has 0 aliphatic heterocycles. The van der Waals surface area contributed by atoms with E-state index in [2.05, 4.69) is 27.7 Å². The highest BCUT2D eigenvalue weighted by Gasteiger charge is 2.24. The van der Waals surface area contributed by atoms with Gasteiger partial charge in [0.2, 0.25) is 0 Å². The molecule has 3 heteroatoms. The molecule has 2 N–H and O–H groups in total. The van der Waals surface area contributed by atoms with Crippen LogP contribution in [-0.2, 0) is 0 Å². The third-order valence-corrected chi connectivity index (χ3v) is 3.59. The van der Waals surface area contributed by atoms with Gasteiger partial charge in [-0.2, -0.15) is 0 Å². The smallest absolute Gasteiger partial charge is 0.116 e. The van der Waals surface area contributed by atoms with E-state index in [4.69, 9.17) is 5.73 Å². The molecule has 0 amide bonds. The molecular formula is C13H17N3. The summed E-state index contributed by atoms with van der Waals surface area (Å²) < 4.78 is 2.21. The molecule has 2 aromatic rings. The lowest BCUT2D eigenvalue weighted by molar-refractivity contribution is 0.400. The lowest BCUT2D eigenvalue weighted by Crippen LogP contribution is -2.13. The minimum absolute atomic E-state index is 0.0645. The maximum absolute atomic E-state index is 5.97. The lowest BCUT2D eigenvalue weighted by Gasteiger charge is -2.24. The van der Waals surface area contributed by atoms with Crippen molar-refractivity contribution in [3.05, 3.63) is 35.9 Å². The van der Waals surface area contributed by atoms with Crippen LogP contribution >= 0.6 is 0 Å². The fraction of sp³-hybridized carbons (Fsp3) is 0.462. The van der Waals surface area contributed by atoms with E-state index in [9.17, 15) is 0 Å². The number of rotatable bonds is 2. The molecule has 0 aromatic carbocycles. The van der Waals surface area contributed by atoms with Gasteiger partial charge < -0.3 is 10.1 Å². The summed E-state index contributed by atoms with van der Waals surface area (Å²) >= 11 is 0. The summed E-state index contributed by atoms with van der Waals surface area (Å²) in [4.78, 5) is 4.57. The van der Waals surface area contributed by atoms with Crippen LogP contribution in [0.5, 0.6) is 0 Å². The molecule has 2 aromatic heterocycles. The minimum atomic E-state index is 0.0645. The molecule has 1 saturated carbocycles. The van der Waals surface area contributed by atoms with Gasteiger partial charge in [-0.05, 0) is 31.4 Å². The Morgan fingerprint density at radius 3 is 2.94 bits per heavy atom. The molecule has 0 spiro atoms. The van der Waals surface area contributed by atoms with E-state index >= 15 is 0 Å². The summed E-state index contributed by atoms with van der Waals surface area (Å²) in [7, 11) is 0. The van der Waals surface area contributed by atoms with Crippen molar-refractivity contribution in [2.45, 2.75) is 38.1 Å². The molecule has 0 bridgehead atoms. The van der Waals surface area contributed by atoms with E-state index in [-0.39, 0.29) is 6.04 Å². The topological polar surface area (TPSA) is 43.3 Å². The maximum atomic E-state index is 5.97. The predicted molar refractivity (Wildman–Crippen MR) is 64.4 cm³/mol. The van der Waals surface area contributed by atoms with E-state index in [0.717, 1.165) is 0 Å². The molecule has 16 heavy (non-hydrogen) atoms. The van der Waals surface area contributed by atoms with Gasteiger partial charge in [-0.25, -0.2) is 4.98 Å². The van der Waals surface area contributed by atoms with Crippen molar-refractivity contribution in [1.29, 1.82) is 0 Å². The third kappa shape index (κ3) is 1.35. The van der Waals surface area contributed by atoms with E-state index in [1.54, 1.807) is 0 Å². The molecule has 1 aliphatic rings. The Bertz CT molecular complexity index is 509. The van der Waals surface area contributed by atoms with Crippen molar-refractivity contribution in [2.75, 3.05) is 0 Å². The van der Waals surface area contributed by atoms with Gasteiger partial charge in [0.25, 0.3) is 0 Å². The highest BCUT2D eigenvalue weighted by Crippen LogP contribution is 2.36. The molecule has 0 saturated heterocycles. The van der Waals surface area contributed by atoms with Gasteiger partial charge in [0, 0.05) is 18.2 Å². The SMILES string of the molecule is CC(N)c1cccn2c(C3CCC3)ncc12. The Balaban J connectivity index is 2.16. The third-order valence-electron chi connectivity index (χ3n) is 3.59. The summed E-state index contributed by atoms with van der Waals surface area (Å²) in [6.45, 7) is 2.02. The summed E-state index contributed by atoms with van der Waals surface area (Å²) in [5, 5.41) is 0. The average molecular weight is 215 g/mol. The van der Waals surface area contributed by atoms with Crippen LogP contribution in [0.25, 0.3) is 5.52 Å². The minimum Gasteiger partial charge on any atom is -0.324 e. The molecule has 84 valence electrons. The number of aromatic nitrogens is 2. The first-order valence-electron chi connectivity index (χ1n) is 5.99. The van der Waals surface area contributed by atoms with Crippen LogP contribution in [0.2, 0.25) is 0 Å². The van der Waals surface area contributed by atoms with Crippen LogP contribution in [0.1, 0.15) is 49.5 Å². The molecule has 1 unspecified atom stereocenters. The summed E-state index contributed by atoms with van der Waals surface area (Å²) in [6.07, 6.45) is 7.96. The Morgan fingerprint density at radius 1 is 1.50 bits per heavy atom. The molecular weight excluding hydrogens is 198 g/mol. The van der Waals surface area contributed by atoms with Gasteiger partial charge in [0.1, 0.15) is 5.82 Å². The van der Waals surface area contributed by atoms with Gasteiger partial charge in [0.05, 0.1) is 11.7 Å². The quantitative estimate of drug-likeness (QED) is 0.836. The monoisotopic (exact) mass is 215 g/mol. The number of nitrogens with zero attached hydrogens (tertiary/aromatic N) is 2. The highest BCUT2D eigenvalue weighted by atomic mass is 15.0. The van der Waals surface area contributed by atoms with Crippen molar-refractivity contribution in [1.82, 2.24) is 9.38 Å². The molecule has 1 aliphatic carbocycles. The normalized spacial score (nSPS) is 18.6.